The van der Waals surface area contributed by atoms with Crippen LogP contribution in [0.15, 0.2) is 4.99 Å². The second-order valence-corrected chi connectivity index (χ2v) is 9.34. The van der Waals surface area contributed by atoms with E-state index >= 15 is 0 Å². The highest BCUT2D eigenvalue weighted by molar-refractivity contribution is 6.08. The summed E-state index contributed by atoms with van der Waals surface area (Å²) in [4.78, 5) is 22.8. The van der Waals surface area contributed by atoms with Gasteiger partial charge in [0.1, 0.15) is 5.84 Å². The lowest BCUT2D eigenvalue weighted by Gasteiger charge is -2.38. The fraction of sp³-hybridized carbons (Fsp3) is 0.900. The number of amidine groups is 1. The molecule has 0 bridgehead atoms. The van der Waals surface area contributed by atoms with Crippen LogP contribution in [0.25, 0.3) is 0 Å². The normalized spacial score (nSPS) is 29.8. The topological polar surface area (TPSA) is 35.9 Å². The minimum Gasteiger partial charge on any atom is -0.300 e. The highest BCUT2D eigenvalue weighted by atomic mass is 16.2. The number of hydrogen-bond donors (Lipinski definition) is 0. The maximum absolute atomic E-state index is 13.2. The van der Waals surface area contributed by atoms with Gasteiger partial charge in [-0.15, -0.1) is 0 Å². The molecule has 3 aliphatic rings. The Kier molecular flexibility index (Phi) is 5.06. The van der Waals surface area contributed by atoms with E-state index in [0.717, 1.165) is 50.7 Å². The van der Waals surface area contributed by atoms with E-state index in [1.807, 2.05) is 4.90 Å². The first-order valence-corrected chi connectivity index (χ1v) is 9.96. The molecule has 2 heterocycles. The summed E-state index contributed by atoms with van der Waals surface area (Å²) in [5.74, 6) is 2.13. The van der Waals surface area contributed by atoms with Crippen LogP contribution in [0.4, 0.5) is 0 Å². The fourth-order valence-corrected chi connectivity index (χ4v) is 4.76. The Morgan fingerprint density at radius 1 is 1.21 bits per heavy atom. The van der Waals surface area contributed by atoms with Crippen LogP contribution in [0.1, 0.15) is 72.6 Å². The molecular weight excluding hydrogens is 298 g/mol. The third-order valence-electron chi connectivity index (χ3n) is 5.84. The number of rotatable bonds is 4. The number of likely N-dealkylation sites (N-methyl/N-ethyl adjacent to an activating group) is 1. The lowest BCUT2D eigenvalue weighted by atomic mass is 9.88. The van der Waals surface area contributed by atoms with Gasteiger partial charge >= 0.3 is 0 Å². The van der Waals surface area contributed by atoms with Crippen molar-refractivity contribution >= 4 is 11.7 Å². The maximum atomic E-state index is 13.2. The minimum atomic E-state index is -0.479. The molecule has 1 saturated carbocycles. The van der Waals surface area contributed by atoms with Crippen LogP contribution in [0.2, 0.25) is 0 Å². The summed E-state index contributed by atoms with van der Waals surface area (Å²) >= 11 is 0. The highest BCUT2D eigenvalue weighted by Gasteiger charge is 2.50. The average Bonchev–Trinajstić information content (AvgIpc) is 3.06. The van der Waals surface area contributed by atoms with Gasteiger partial charge in [0.25, 0.3) is 5.91 Å². The lowest BCUT2D eigenvalue weighted by Crippen LogP contribution is -2.54. The van der Waals surface area contributed by atoms with Crippen molar-refractivity contribution in [1.82, 2.24) is 9.80 Å². The molecule has 1 saturated heterocycles. The molecular formula is C20H35N3O. The molecule has 4 heteroatoms. The van der Waals surface area contributed by atoms with Crippen LogP contribution in [-0.2, 0) is 4.79 Å². The summed E-state index contributed by atoms with van der Waals surface area (Å²) in [7, 11) is 0. The van der Waals surface area contributed by atoms with Crippen LogP contribution >= 0.6 is 0 Å². The summed E-state index contributed by atoms with van der Waals surface area (Å²) in [5, 5.41) is 0. The average molecular weight is 334 g/mol. The van der Waals surface area contributed by atoms with Crippen molar-refractivity contribution in [3.63, 3.8) is 0 Å². The SMILES string of the molecule is CCN1C(=O)C2(CCCN(CC3CCCC3)C2)N=C1CC(C)(C)C. The Hall–Kier alpha value is -0.900. The molecule has 0 aromatic carbocycles. The Bertz CT molecular complexity index is 502. The Balaban J connectivity index is 1.75. The molecule has 0 aromatic rings. The maximum Gasteiger partial charge on any atom is 0.257 e. The number of carbonyl (C=O) groups is 1. The van der Waals surface area contributed by atoms with Crippen LogP contribution in [0.5, 0.6) is 0 Å². The molecule has 24 heavy (non-hydrogen) atoms. The number of likely N-dealkylation sites (tertiary alicyclic amines) is 1. The highest BCUT2D eigenvalue weighted by Crippen LogP contribution is 2.36. The second-order valence-electron chi connectivity index (χ2n) is 9.34. The van der Waals surface area contributed by atoms with Gasteiger partial charge in [0.05, 0.1) is 0 Å². The third-order valence-corrected chi connectivity index (χ3v) is 5.84. The molecule has 136 valence electrons. The molecule has 4 nitrogen and oxygen atoms in total. The molecule has 2 fully saturated rings. The molecule has 1 amide bonds. The number of aliphatic imine (C=N–C) groups is 1. The van der Waals surface area contributed by atoms with E-state index in [9.17, 15) is 4.79 Å². The van der Waals surface area contributed by atoms with Gasteiger partial charge in [-0.05, 0) is 50.5 Å². The summed E-state index contributed by atoms with van der Waals surface area (Å²) in [6, 6.07) is 0. The van der Waals surface area contributed by atoms with E-state index in [1.165, 1.54) is 32.2 Å². The summed E-state index contributed by atoms with van der Waals surface area (Å²) < 4.78 is 0. The summed E-state index contributed by atoms with van der Waals surface area (Å²) in [6.45, 7) is 12.7. The first-order valence-electron chi connectivity index (χ1n) is 9.96. The molecule has 1 aliphatic carbocycles. The van der Waals surface area contributed by atoms with Crippen molar-refractivity contribution in [3.05, 3.63) is 0 Å². The van der Waals surface area contributed by atoms with Crippen molar-refractivity contribution in [2.24, 2.45) is 16.3 Å². The molecule has 0 aromatic heterocycles. The number of hydrogen-bond acceptors (Lipinski definition) is 3. The predicted octanol–water partition coefficient (Wildman–Crippen LogP) is 3.71. The zero-order valence-electron chi connectivity index (χ0n) is 16.1. The zero-order chi connectivity index (χ0) is 17.4. The van der Waals surface area contributed by atoms with Crippen molar-refractivity contribution in [1.29, 1.82) is 0 Å². The van der Waals surface area contributed by atoms with Crippen molar-refractivity contribution in [2.75, 3.05) is 26.2 Å². The molecule has 2 aliphatic heterocycles. The van der Waals surface area contributed by atoms with Crippen LogP contribution in [0, 0.1) is 11.3 Å². The van der Waals surface area contributed by atoms with Crippen LogP contribution in [0.3, 0.4) is 0 Å². The number of piperidine rings is 1. The lowest BCUT2D eigenvalue weighted by molar-refractivity contribution is -0.133. The molecule has 0 radical (unpaired) electrons. The summed E-state index contributed by atoms with van der Waals surface area (Å²) in [5.41, 5.74) is -0.316. The van der Waals surface area contributed by atoms with Gasteiger partial charge in [-0.3, -0.25) is 14.7 Å². The standard InChI is InChI=1S/C20H35N3O/c1-5-23-17(13-19(2,3)4)21-20(18(23)24)11-8-12-22(15-20)14-16-9-6-7-10-16/h16H,5-15H2,1-4H3. The van der Waals surface area contributed by atoms with Crippen molar-refractivity contribution < 1.29 is 4.79 Å². The quantitative estimate of drug-likeness (QED) is 0.786. The molecule has 1 atom stereocenters. The van der Waals surface area contributed by atoms with Gasteiger partial charge in [0.2, 0.25) is 0 Å². The summed E-state index contributed by atoms with van der Waals surface area (Å²) in [6.07, 6.45) is 8.44. The van der Waals surface area contributed by atoms with E-state index in [-0.39, 0.29) is 11.3 Å². The van der Waals surface area contributed by atoms with Crippen molar-refractivity contribution in [3.8, 4) is 0 Å². The first-order chi connectivity index (χ1) is 11.3. The van der Waals surface area contributed by atoms with Gasteiger partial charge in [-0.1, -0.05) is 33.6 Å². The molecule has 1 spiro atoms. The zero-order valence-corrected chi connectivity index (χ0v) is 16.1. The monoisotopic (exact) mass is 333 g/mol. The Morgan fingerprint density at radius 3 is 2.54 bits per heavy atom. The van der Waals surface area contributed by atoms with Crippen LogP contribution < -0.4 is 0 Å². The first kappa shape index (κ1) is 17.9. The van der Waals surface area contributed by atoms with E-state index in [4.69, 9.17) is 4.99 Å². The van der Waals surface area contributed by atoms with E-state index < -0.39 is 5.54 Å². The second kappa shape index (κ2) is 6.78. The third kappa shape index (κ3) is 3.68. The van der Waals surface area contributed by atoms with Gasteiger partial charge in [-0.2, -0.15) is 0 Å². The van der Waals surface area contributed by atoms with Gasteiger partial charge in [0, 0.05) is 26.1 Å². The number of carbonyl (C=O) groups excluding carboxylic acids is 1. The smallest absolute Gasteiger partial charge is 0.257 e. The minimum absolute atomic E-state index is 0.163. The Labute approximate surface area is 147 Å². The molecule has 3 rings (SSSR count). The largest absolute Gasteiger partial charge is 0.300 e. The predicted molar refractivity (Wildman–Crippen MR) is 99.3 cm³/mol. The van der Waals surface area contributed by atoms with Gasteiger partial charge in [-0.25, -0.2) is 0 Å². The molecule has 0 N–H and O–H groups in total. The van der Waals surface area contributed by atoms with E-state index in [2.05, 4.69) is 32.6 Å². The van der Waals surface area contributed by atoms with Crippen LogP contribution in [-0.4, -0.2) is 53.3 Å². The number of nitrogens with zero attached hydrogens (tertiary/aromatic N) is 3. The number of amides is 1. The van der Waals surface area contributed by atoms with Gasteiger partial charge < -0.3 is 4.90 Å². The van der Waals surface area contributed by atoms with Crippen molar-refractivity contribution in [2.45, 2.75) is 78.2 Å². The van der Waals surface area contributed by atoms with Gasteiger partial charge in [0.15, 0.2) is 5.54 Å². The molecule has 1 unspecified atom stereocenters. The fourth-order valence-electron chi connectivity index (χ4n) is 4.76. The van der Waals surface area contributed by atoms with E-state index in [1.54, 1.807) is 0 Å². The van der Waals surface area contributed by atoms with E-state index in [0.29, 0.717) is 0 Å². The Morgan fingerprint density at radius 2 is 1.92 bits per heavy atom.